The van der Waals surface area contributed by atoms with Gasteiger partial charge in [-0.05, 0) is 86.1 Å². The van der Waals surface area contributed by atoms with Gasteiger partial charge < -0.3 is 25.2 Å². The molecule has 0 aromatic heterocycles. The van der Waals surface area contributed by atoms with Gasteiger partial charge in [-0.15, -0.1) is 11.6 Å². The van der Waals surface area contributed by atoms with E-state index in [1.807, 2.05) is 6.07 Å². The van der Waals surface area contributed by atoms with E-state index < -0.39 is 29.2 Å². The maximum absolute atomic E-state index is 14.0. The Morgan fingerprint density at radius 3 is 2.31 bits per heavy atom. The van der Waals surface area contributed by atoms with Crippen molar-refractivity contribution in [2.45, 2.75) is 57.4 Å². The molecule has 0 atom stereocenters. The third kappa shape index (κ3) is 12.5. The monoisotopic (exact) mass is 739 g/mol. The van der Waals surface area contributed by atoms with Crippen LogP contribution in [0.4, 0.5) is 8.78 Å². The maximum atomic E-state index is 14.0. The minimum atomic E-state index is -1.20. The summed E-state index contributed by atoms with van der Waals surface area (Å²) in [5.74, 6) is -4.03. The normalized spacial score (nSPS) is 18.1. The first-order valence-electron chi connectivity index (χ1n) is 17.5. The first kappa shape index (κ1) is 40.1. The molecule has 3 amide bonds. The van der Waals surface area contributed by atoms with Crippen LogP contribution in [0.15, 0.2) is 53.2 Å². The average Bonchev–Trinajstić information content (AvgIpc) is 3.42. The van der Waals surface area contributed by atoms with Crippen LogP contribution in [0.3, 0.4) is 0 Å². The standard InChI is InChI=1S/C38H44ClF2N5O6/c39-15-3-1-2-4-17-51-19-20-52-18-16-43-37(49)29-10-12-30(13-11-29)44-35(47)25-46-34(14-9-26-5-7-27(24-42)8-6-26)45-33(38(46)50)23-28-21-31(40)36(48)32(41)22-28/h5-9,14,21-23,29-30,48H,1-4,10-13,15-20,25H2,(H,43,49)(H,44,47)/b14-9+,33-23-. The number of nitrogens with one attached hydrogen (secondary N) is 2. The van der Waals surface area contributed by atoms with Crippen molar-refractivity contribution in [1.82, 2.24) is 15.5 Å². The average molecular weight is 740 g/mol. The summed E-state index contributed by atoms with van der Waals surface area (Å²) in [6.45, 7) is 2.08. The first-order valence-corrected chi connectivity index (χ1v) is 18.0. The number of phenols is 1. The van der Waals surface area contributed by atoms with Crippen molar-refractivity contribution in [1.29, 1.82) is 5.26 Å². The summed E-state index contributed by atoms with van der Waals surface area (Å²) in [6, 6.07) is 10.3. The molecule has 2 aliphatic rings. The highest BCUT2D eigenvalue weighted by atomic mass is 35.5. The van der Waals surface area contributed by atoms with Gasteiger partial charge in [0.25, 0.3) is 5.91 Å². The molecule has 3 N–H and O–H groups in total. The minimum absolute atomic E-state index is 0.0415. The van der Waals surface area contributed by atoms with Gasteiger partial charge in [0, 0.05) is 31.0 Å². The van der Waals surface area contributed by atoms with Gasteiger partial charge in [-0.1, -0.05) is 31.1 Å². The Balaban J connectivity index is 1.24. The van der Waals surface area contributed by atoms with E-state index in [4.69, 9.17) is 26.3 Å². The number of nitrogens with zero attached hydrogens (tertiary/aromatic N) is 3. The van der Waals surface area contributed by atoms with E-state index in [2.05, 4.69) is 15.6 Å². The molecule has 1 aliphatic heterocycles. The van der Waals surface area contributed by atoms with Gasteiger partial charge in [-0.25, -0.2) is 13.8 Å². The molecule has 1 heterocycles. The highest BCUT2D eigenvalue weighted by Crippen LogP contribution is 2.26. The van der Waals surface area contributed by atoms with E-state index in [9.17, 15) is 28.3 Å². The molecule has 278 valence electrons. The van der Waals surface area contributed by atoms with Gasteiger partial charge in [0.05, 0.1) is 31.5 Å². The zero-order valence-corrected chi connectivity index (χ0v) is 29.7. The van der Waals surface area contributed by atoms with Crippen LogP contribution in [0.5, 0.6) is 5.75 Å². The van der Waals surface area contributed by atoms with Crippen molar-refractivity contribution < 1.29 is 37.7 Å². The molecule has 14 heteroatoms. The Morgan fingerprint density at radius 2 is 1.63 bits per heavy atom. The number of nitriles is 1. The molecule has 1 fully saturated rings. The molecule has 0 bridgehead atoms. The maximum Gasteiger partial charge on any atom is 0.278 e. The second-order valence-electron chi connectivity index (χ2n) is 12.5. The number of amides is 3. The lowest BCUT2D eigenvalue weighted by molar-refractivity contribution is -0.129. The summed E-state index contributed by atoms with van der Waals surface area (Å²) >= 11 is 5.67. The molecular formula is C38H44ClF2N5O6. The van der Waals surface area contributed by atoms with E-state index >= 15 is 0 Å². The molecule has 2 aromatic carbocycles. The number of carbonyl (C=O) groups is 3. The lowest BCUT2D eigenvalue weighted by atomic mass is 9.85. The fourth-order valence-electron chi connectivity index (χ4n) is 5.80. The van der Waals surface area contributed by atoms with Gasteiger partial charge in [0.2, 0.25) is 11.8 Å². The number of alkyl halides is 1. The fraction of sp³-hybridized carbons (Fsp3) is 0.447. The first-order chi connectivity index (χ1) is 25.2. The number of hydrogen-bond donors (Lipinski definition) is 3. The van der Waals surface area contributed by atoms with E-state index in [-0.39, 0.29) is 41.5 Å². The second kappa shape index (κ2) is 21.0. The number of unbranched alkanes of at least 4 members (excludes halogenated alkanes) is 3. The van der Waals surface area contributed by atoms with Crippen molar-refractivity contribution in [3.8, 4) is 11.8 Å². The number of halogens is 3. The third-order valence-corrected chi connectivity index (χ3v) is 8.91. The third-order valence-electron chi connectivity index (χ3n) is 8.64. The van der Waals surface area contributed by atoms with Crippen LogP contribution < -0.4 is 10.6 Å². The Bertz CT molecular complexity index is 1650. The molecule has 1 saturated carbocycles. The van der Waals surface area contributed by atoms with Gasteiger partial charge in [0.15, 0.2) is 17.4 Å². The lowest BCUT2D eigenvalue weighted by Crippen LogP contribution is -2.46. The number of aromatic hydroxyl groups is 1. The molecule has 52 heavy (non-hydrogen) atoms. The van der Waals surface area contributed by atoms with Crippen LogP contribution >= 0.6 is 11.6 Å². The SMILES string of the molecule is N#Cc1ccc(/C=C/C2=NC(=C\c3cc(F)c(O)c(F)c3)/C(=O)N2CC(=O)NC2CCC(C(=O)NCCOCCOCCCCCCCl)CC2)cc1. The van der Waals surface area contributed by atoms with E-state index in [1.165, 1.54) is 12.2 Å². The summed E-state index contributed by atoms with van der Waals surface area (Å²) in [5.41, 5.74) is 0.976. The summed E-state index contributed by atoms with van der Waals surface area (Å²) in [4.78, 5) is 44.8. The smallest absolute Gasteiger partial charge is 0.278 e. The molecule has 2 aromatic rings. The van der Waals surface area contributed by atoms with Crippen LogP contribution in [0, 0.1) is 28.9 Å². The highest BCUT2D eigenvalue weighted by Gasteiger charge is 2.32. The number of hydrogen-bond acceptors (Lipinski definition) is 8. The molecule has 4 rings (SSSR count). The quantitative estimate of drug-likeness (QED) is 0.0983. The minimum Gasteiger partial charge on any atom is -0.503 e. The highest BCUT2D eigenvalue weighted by molar-refractivity contribution is 6.19. The Hall–Kier alpha value is -4.64. The zero-order chi connectivity index (χ0) is 37.3. The number of carbonyl (C=O) groups excluding carboxylic acids is 3. The van der Waals surface area contributed by atoms with Crippen LogP contribution in [-0.2, 0) is 23.9 Å². The summed E-state index contributed by atoms with van der Waals surface area (Å²) in [5, 5.41) is 24.4. The molecular weight excluding hydrogens is 696 g/mol. The van der Waals surface area contributed by atoms with Crippen LogP contribution in [-0.4, -0.2) is 85.0 Å². The van der Waals surface area contributed by atoms with Crippen molar-refractivity contribution in [3.63, 3.8) is 0 Å². The second-order valence-corrected chi connectivity index (χ2v) is 12.9. The molecule has 0 radical (unpaired) electrons. The number of amidine groups is 1. The summed E-state index contributed by atoms with van der Waals surface area (Å²) in [6.07, 6.45) is 10.9. The Kier molecular flexibility index (Phi) is 16.2. The van der Waals surface area contributed by atoms with Crippen LogP contribution in [0.25, 0.3) is 12.2 Å². The molecule has 0 saturated heterocycles. The predicted molar refractivity (Wildman–Crippen MR) is 193 cm³/mol. The molecule has 0 spiro atoms. The molecule has 11 nitrogen and oxygen atoms in total. The predicted octanol–water partition coefficient (Wildman–Crippen LogP) is 5.46. The number of benzene rings is 2. The van der Waals surface area contributed by atoms with Gasteiger partial charge in [-0.2, -0.15) is 5.26 Å². The Morgan fingerprint density at radius 1 is 0.962 bits per heavy atom. The molecule has 1 aliphatic carbocycles. The van der Waals surface area contributed by atoms with Crippen molar-refractivity contribution in [2.75, 3.05) is 45.4 Å². The molecule has 0 unspecified atom stereocenters. The van der Waals surface area contributed by atoms with Crippen molar-refractivity contribution in [3.05, 3.63) is 76.5 Å². The number of rotatable bonds is 19. The van der Waals surface area contributed by atoms with Crippen molar-refractivity contribution in [2.24, 2.45) is 10.9 Å². The van der Waals surface area contributed by atoms with Gasteiger partial charge in [-0.3, -0.25) is 19.3 Å². The van der Waals surface area contributed by atoms with E-state index in [1.54, 1.807) is 30.3 Å². The largest absolute Gasteiger partial charge is 0.503 e. The summed E-state index contributed by atoms with van der Waals surface area (Å²) < 4.78 is 39.1. The van der Waals surface area contributed by atoms with E-state index in [0.29, 0.717) is 75.7 Å². The lowest BCUT2D eigenvalue weighted by Gasteiger charge is -2.29. The number of aliphatic imine (C=N–C) groups is 1. The number of ether oxygens (including phenoxy) is 2. The van der Waals surface area contributed by atoms with Gasteiger partial charge >= 0.3 is 0 Å². The van der Waals surface area contributed by atoms with Crippen LogP contribution in [0.1, 0.15) is 68.1 Å². The van der Waals surface area contributed by atoms with Crippen molar-refractivity contribution >= 4 is 47.3 Å². The van der Waals surface area contributed by atoms with Crippen LogP contribution in [0.2, 0.25) is 0 Å². The summed E-state index contributed by atoms with van der Waals surface area (Å²) in [7, 11) is 0. The topological polar surface area (TPSA) is 153 Å². The fourth-order valence-corrected chi connectivity index (χ4v) is 5.98. The van der Waals surface area contributed by atoms with E-state index in [0.717, 1.165) is 42.7 Å². The zero-order valence-electron chi connectivity index (χ0n) is 28.9. The van der Waals surface area contributed by atoms with Gasteiger partial charge in [0.1, 0.15) is 18.1 Å². The number of phenolic OH excluding ortho intramolecular Hbond substituents is 1. The Labute approximate surface area is 307 Å².